The van der Waals surface area contributed by atoms with E-state index in [1.807, 2.05) is 37.4 Å². The standard InChI is InChI=1S/C28H38N4O5/c1-17-12-20(15-31(6)26(17)34)25-30-22-13-19(9-10-23(22)32(25)16-21-8-7-11-36-21)14-29-24(18(2)33)27(35)37-28(3,4)5/h9-10,12-13,15,18,21,24,29,33H,7-8,11,14,16H2,1-6H3/t18-,21?,24+/m1/s1. The average molecular weight is 511 g/mol. The van der Waals surface area contributed by atoms with Crippen molar-refractivity contribution in [1.82, 2.24) is 19.4 Å². The number of aliphatic hydroxyl groups is 1. The average Bonchev–Trinajstić information content (AvgIpc) is 3.44. The van der Waals surface area contributed by atoms with Crippen LogP contribution in [0.4, 0.5) is 0 Å². The molecule has 200 valence electrons. The quantitative estimate of drug-likeness (QED) is 0.449. The number of carbonyl (C=O) groups excluding carboxylic acids is 1. The van der Waals surface area contributed by atoms with Gasteiger partial charge in [0, 0.05) is 37.5 Å². The van der Waals surface area contributed by atoms with Gasteiger partial charge in [0.1, 0.15) is 17.5 Å². The van der Waals surface area contributed by atoms with Gasteiger partial charge in [-0.15, -0.1) is 0 Å². The number of hydrogen-bond donors (Lipinski definition) is 2. The Hall–Kier alpha value is -3.01. The van der Waals surface area contributed by atoms with Crippen LogP contribution in [-0.2, 0) is 34.4 Å². The third-order valence-electron chi connectivity index (χ3n) is 6.51. The van der Waals surface area contributed by atoms with Crippen LogP contribution in [0.25, 0.3) is 22.4 Å². The van der Waals surface area contributed by atoms with Crippen LogP contribution < -0.4 is 10.9 Å². The SMILES string of the molecule is Cc1cc(-c2nc3cc(CN[C@H](C(=O)OC(C)(C)C)[C@@H](C)O)ccc3n2CC2CCCO2)cn(C)c1=O. The number of imidazole rings is 1. The molecule has 0 radical (unpaired) electrons. The predicted molar refractivity (Wildman–Crippen MR) is 142 cm³/mol. The molecule has 2 aromatic heterocycles. The maximum absolute atomic E-state index is 12.6. The molecule has 3 aromatic rings. The van der Waals surface area contributed by atoms with E-state index in [1.165, 1.54) is 0 Å². The highest BCUT2D eigenvalue weighted by atomic mass is 16.6. The normalized spacial score (nSPS) is 17.8. The smallest absolute Gasteiger partial charge is 0.326 e. The highest BCUT2D eigenvalue weighted by Crippen LogP contribution is 2.28. The number of pyridine rings is 1. The second kappa shape index (κ2) is 10.8. The van der Waals surface area contributed by atoms with Gasteiger partial charge in [-0.2, -0.15) is 0 Å². The predicted octanol–water partition coefficient (Wildman–Crippen LogP) is 3.07. The Kier molecular flexibility index (Phi) is 7.87. The van der Waals surface area contributed by atoms with Crippen molar-refractivity contribution in [3.05, 3.63) is 51.9 Å². The van der Waals surface area contributed by atoms with Crippen LogP contribution in [0.2, 0.25) is 0 Å². The first-order valence-corrected chi connectivity index (χ1v) is 12.9. The van der Waals surface area contributed by atoms with E-state index in [0.717, 1.165) is 47.4 Å². The Morgan fingerprint density at radius 3 is 2.70 bits per heavy atom. The zero-order chi connectivity index (χ0) is 26.9. The van der Waals surface area contributed by atoms with E-state index >= 15 is 0 Å². The molecule has 0 spiro atoms. The Bertz CT molecular complexity index is 1300. The highest BCUT2D eigenvalue weighted by molar-refractivity contribution is 5.81. The third-order valence-corrected chi connectivity index (χ3v) is 6.51. The van der Waals surface area contributed by atoms with Crippen molar-refractivity contribution in [2.24, 2.45) is 7.05 Å². The van der Waals surface area contributed by atoms with Gasteiger partial charge in [0.25, 0.3) is 5.56 Å². The summed E-state index contributed by atoms with van der Waals surface area (Å²) in [5.41, 5.74) is 3.56. The third kappa shape index (κ3) is 6.29. The summed E-state index contributed by atoms with van der Waals surface area (Å²) < 4.78 is 15.1. The molecule has 1 aromatic carbocycles. The van der Waals surface area contributed by atoms with Gasteiger partial charge >= 0.3 is 5.97 Å². The van der Waals surface area contributed by atoms with Crippen LogP contribution in [0, 0.1) is 6.92 Å². The van der Waals surface area contributed by atoms with Gasteiger partial charge in [0.2, 0.25) is 0 Å². The first kappa shape index (κ1) is 27.0. The fourth-order valence-corrected chi connectivity index (χ4v) is 4.73. The van der Waals surface area contributed by atoms with Crippen molar-refractivity contribution in [3.8, 4) is 11.4 Å². The lowest BCUT2D eigenvalue weighted by molar-refractivity contribution is -0.160. The number of carbonyl (C=O) groups is 1. The summed E-state index contributed by atoms with van der Waals surface area (Å²) >= 11 is 0. The number of nitrogens with one attached hydrogen (secondary N) is 1. The highest BCUT2D eigenvalue weighted by Gasteiger charge is 2.28. The largest absolute Gasteiger partial charge is 0.459 e. The molecule has 9 heteroatoms. The van der Waals surface area contributed by atoms with E-state index in [2.05, 4.69) is 9.88 Å². The number of fused-ring (bicyclic) bond motifs is 1. The number of nitrogens with zero attached hydrogens (tertiary/aromatic N) is 3. The molecule has 9 nitrogen and oxygen atoms in total. The molecule has 3 heterocycles. The van der Waals surface area contributed by atoms with Gasteiger partial charge in [-0.25, -0.2) is 4.98 Å². The molecule has 0 bridgehead atoms. The number of hydrogen-bond acceptors (Lipinski definition) is 7. The van der Waals surface area contributed by atoms with Crippen molar-refractivity contribution >= 4 is 17.0 Å². The second-order valence-corrected chi connectivity index (χ2v) is 11.0. The zero-order valence-electron chi connectivity index (χ0n) is 22.6. The van der Waals surface area contributed by atoms with Crippen molar-refractivity contribution in [1.29, 1.82) is 0 Å². The molecule has 1 fully saturated rings. The van der Waals surface area contributed by atoms with Gasteiger partial charge < -0.3 is 23.7 Å². The number of benzene rings is 1. The van der Waals surface area contributed by atoms with Crippen LogP contribution >= 0.6 is 0 Å². The van der Waals surface area contributed by atoms with Crippen molar-refractivity contribution in [2.75, 3.05) is 6.61 Å². The lowest BCUT2D eigenvalue weighted by Crippen LogP contribution is -2.47. The first-order valence-electron chi connectivity index (χ1n) is 12.9. The van der Waals surface area contributed by atoms with Crippen molar-refractivity contribution < 1.29 is 19.4 Å². The Labute approximate surface area is 217 Å². The number of aryl methyl sites for hydroxylation is 2. The minimum atomic E-state index is -0.913. The maximum Gasteiger partial charge on any atom is 0.326 e. The molecule has 0 amide bonds. The molecule has 1 saturated heterocycles. The lowest BCUT2D eigenvalue weighted by Gasteiger charge is -2.26. The molecule has 37 heavy (non-hydrogen) atoms. The van der Waals surface area contributed by atoms with E-state index < -0.39 is 23.7 Å². The van der Waals surface area contributed by atoms with Crippen LogP contribution in [0.15, 0.2) is 35.3 Å². The summed E-state index contributed by atoms with van der Waals surface area (Å²) in [4.78, 5) is 29.8. The van der Waals surface area contributed by atoms with Gasteiger partial charge in [0.05, 0.1) is 29.8 Å². The number of aromatic nitrogens is 3. The minimum absolute atomic E-state index is 0.0310. The van der Waals surface area contributed by atoms with Gasteiger partial charge in [-0.05, 0) is 71.2 Å². The van der Waals surface area contributed by atoms with Crippen molar-refractivity contribution in [2.45, 2.75) is 84.4 Å². The zero-order valence-corrected chi connectivity index (χ0v) is 22.6. The number of ether oxygens (including phenoxy) is 2. The van der Waals surface area contributed by atoms with Gasteiger partial charge in [0.15, 0.2) is 0 Å². The summed E-state index contributed by atoms with van der Waals surface area (Å²) in [5.74, 6) is 0.293. The Morgan fingerprint density at radius 2 is 2.08 bits per heavy atom. The van der Waals surface area contributed by atoms with E-state index in [4.69, 9.17) is 14.5 Å². The number of aliphatic hydroxyl groups excluding tert-OH is 1. The molecule has 2 N–H and O–H groups in total. The van der Waals surface area contributed by atoms with E-state index in [9.17, 15) is 14.7 Å². The monoisotopic (exact) mass is 510 g/mol. The van der Waals surface area contributed by atoms with Gasteiger partial charge in [-0.1, -0.05) is 6.07 Å². The molecule has 3 atom stereocenters. The molecule has 0 aliphatic carbocycles. The van der Waals surface area contributed by atoms with E-state index in [0.29, 0.717) is 18.7 Å². The first-order chi connectivity index (χ1) is 17.4. The van der Waals surface area contributed by atoms with E-state index in [1.54, 1.807) is 39.3 Å². The van der Waals surface area contributed by atoms with E-state index in [-0.39, 0.29) is 11.7 Å². The molecule has 0 saturated carbocycles. The summed E-state index contributed by atoms with van der Waals surface area (Å²) in [6.07, 6.45) is 3.07. The summed E-state index contributed by atoms with van der Waals surface area (Å²) in [7, 11) is 1.75. The molecular weight excluding hydrogens is 472 g/mol. The van der Waals surface area contributed by atoms with Crippen LogP contribution in [-0.4, -0.2) is 55.7 Å². The molecule has 1 unspecified atom stereocenters. The number of rotatable bonds is 8. The minimum Gasteiger partial charge on any atom is -0.459 e. The van der Waals surface area contributed by atoms with Crippen LogP contribution in [0.1, 0.15) is 51.7 Å². The fourth-order valence-electron chi connectivity index (χ4n) is 4.73. The number of esters is 1. The molecule has 1 aliphatic heterocycles. The summed E-state index contributed by atoms with van der Waals surface area (Å²) in [6, 6.07) is 7.04. The molecule has 4 rings (SSSR count). The Balaban J connectivity index is 1.66. The lowest BCUT2D eigenvalue weighted by atomic mass is 10.1. The second-order valence-electron chi connectivity index (χ2n) is 11.0. The Morgan fingerprint density at radius 1 is 1.32 bits per heavy atom. The van der Waals surface area contributed by atoms with Crippen molar-refractivity contribution in [3.63, 3.8) is 0 Å². The fraction of sp³-hybridized carbons (Fsp3) is 0.536. The van der Waals surface area contributed by atoms with Gasteiger partial charge in [-0.3, -0.25) is 14.9 Å². The maximum atomic E-state index is 12.6. The molecular formula is C28H38N4O5. The molecule has 1 aliphatic rings. The van der Waals surface area contributed by atoms with Crippen LogP contribution in [0.3, 0.4) is 0 Å². The summed E-state index contributed by atoms with van der Waals surface area (Å²) in [6.45, 7) is 10.6. The topological polar surface area (TPSA) is 108 Å². The van der Waals surface area contributed by atoms with Crippen LogP contribution in [0.5, 0.6) is 0 Å². The summed E-state index contributed by atoms with van der Waals surface area (Å²) in [5, 5.41) is 13.3.